The lowest BCUT2D eigenvalue weighted by atomic mass is 9.86. The molecular formula is C22H35BrO2Si. The van der Waals surface area contributed by atoms with E-state index in [2.05, 4.69) is 81.7 Å². The van der Waals surface area contributed by atoms with E-state index in [1.165, 1.54) is 12.8 Å². The van der Waals surface area contributed by atoms with Gasteiger partial charge in [-0.15, -0.1) is 0 Å². The first kappa shape index (κ1) is 21.7. The molecule has 1 aliphatic carbocycles. The number of hydrogen-bond acceptors (Lipinski definition) is 2. The van der Waals surface area contributed by atoms with Crippen molar-refractivity contribution >= 4 is 30.5 Å². The lowest BCUT2D eigenvalue weighted by molar-refractivity contribution is -0.111. The van der Waals surface area contributed by atoms with Crippen molar-refractivity contribution in [1.29, 1.82) is 0 Å². The van der Waals surface area contributed by atoms with Gasteiger partial charge in [0.15, 0.2) is 0 Å². The van der Waals surface area contributed by atoms with Gasteiger partial charge in [0.05, 0.1) is 0 Å². The van der Waals surface area contributed by atoms with Crippen LogP contribution in [0.2, 0.25) is 16.6 Å². The Balaban J connectivity index is 2.29. The van der Waals surface area contributed by atoms with Crippen LogP contribution in [0, 0.1) is 5.92 Å². The summed E-state index contributed by atoms with van der Waals surface area (Å²) in [6, 6.07) is 8.30. The molecule has 146 valence electrons. The lowest BCUT2D eigenvalue weighted by Gasteiger charge is -2.42. The highest BCUT2D eigenvalue weighted by molar-refractivity contribution is 9.10. The van der Waals surface area contributed by atoms with Crippen molar-refractivity contribution in [1.82, 2.24) is 0 Å². The largest absolute Gasteiger partial charge is 0.543 e. The van der Waals surface area contributed by atoms with Crippen molar-refractivity contribution in [2.24, 2.45) is 5.92 Å². The van der Waals surface area contributed by atoms with E-state index in [9.17, 15) is 4.79 Å². The Labute approximate surface area is 169 Å². The summed E-state index contributed by atoms with van der Waals surface area (Å²) >= 11 is 3.77. The Bertz CT molecular complexity index is 569. The SMILES string of the molecule is CC(C)[Si](Oc1ccc(C(Br)(C=O)C2CCCC2)cc1)(C(C)C)C(C)C. The first-order chi connectivity index (χ1) is 12.2. The Morgan fingerprint density at radius 1 is 1.00 bits per heavy atom. The summed E-state index contributed by atoms with van der Waals surface area (Å²) in [5, 5.41) is 0. The average molecular weight is 440 g/mol. The molecule has 0 bridgehead atoms. The summed E-state index contributed by atoms with van der Waals surface area (Å²) in [6.45, 7) is 13.8. The average Bonchev–Trinajstić information content (AvgIpc) is 3.13. The molecule has 2 nitrogen and oxygen atoms in total. The highest BCUT2D eigenvalue weighted by Crippen LogP contribution is 2.46. The van der Waals surface area contributed by atoms with Crippen LogP contribution in [0.5, 0.6) is 5.75 Å². The van der Waals surface area contributed by atoms with Crippen LogP contribution < -0.4 is 4.43 Å². The highest BCUT2D eigenvalue weighted by atomic mass is 79.9. The molecular weight excluding hydrogens is 404 g/mol. The minimum atomic E-state index is -1.95. The van der Waals surface area contributed by atoms with E-state index in [1.807, 2.05) is 0 Å². The van der Waals surface area contributed by atoms with Gasteiger partial charge in [-0.1, -0.05) is 82.4 Å². The van der Waals surface area contributed by atoms with Crippen molar-refractivity contribution in [3.8, 4) is 5.75 Å². The van der Waals surface area contributed by atoms with Crippen molar-refractivity contribution in [3.05, 3.63) is 29.8 Å². The minimum absolute atomic E-state index is 0.391. The predicted octanol–water partition coefficient (Wildman–Crippen LogP) is 7.22. The maximum atomic E-state index is 11.9. The number of alkyl halides is 1. The van der Waals surface area contributed by atoms with Gasteiger partial charge in [-0.3, -0.25) is 0 Å². The smallest absolute Gasteiger partial charge is 0.258 e. The molecule has 26 heavy (non-hydrogen) atoms. The van der Waals surface area contributed by atoms with Gasteiger partial charge in [-0.05, 0) is 53.1 Å². The molecule has 1 aromatic rings. The zero-order valence-corrected chi connectivity index (χ0v) is 19.8. The van der Waals surface area contributed by atoms with Crippen LogP contribution in [-0.4, -0.2) is 14.6 Å². The van der Waals surface area contributed by atoms with Gasteiger partial charge in [-0.2, -0.15) is 0 Å². The number of carbonyl (C=O) groups excluding carboxylic acids is 1. The molecule has 1 unspecified atom stereocenters. The summed E-state index contributed by atoms with van der Waals surface area (Å²) in [5.41, 5.74) is 2.69. The summed E-state index contributed by atoms with van der Waals surface area (Å²) < 4.78 is 6.20. The molecule has 1 atom stereocenters. The van der Waals surface area contributed by atoms with E-state index >= 15 is 0 Å². The number of benzene rings is 1. The highest BCUT2D eigenvalue weighted by Gasteiger charge is 2.47. The molecule has 0 amide bonds. The number of carbonyl (C=O) groups is 1. The summed E-state index contributed by atoms with van der Waals surface area (Å²) in [5.74, 6) is 1.34. The van der Waals surface area contributed by atoms with Gasteiger partial charge >= 0.3 is 0 Å². The van der Waals surface area contributed by atoms with Gasteiger partial charge in [-0.25, -0.2) is 0 Å². The third kappa shape index (κ3) is 3.96. The topological polar surface area (TPSA) is 26.3 Å². The quantitative estimate of drug-likeness (QED) is 0.243. The second-order valence-electron chi connectivity index (χ2n) is 8.81. The first-order valence-electron chi connectivity index (χ1n) is 10.1. The maximum Gasteiger partial charge on any atom is 0.258 e. The van der Waals surface area contributed by atoms with Gasteiger partial charge in [0.2, 0.25) is 0 Å². The van der Waals surface area contributed by atoms with Gasteiger partial charge in [0, 0.05) is 0 Å². The third-order valence-corrected chi connectivity index (χ3v) is 13.7. The van der Waals surface area contributed by atoms with E-state index < -0.39 is 12.6 Å². The zero-order chi connectivity index (χ0) is 19.5. The predicted molar refractivity (Wildman–Crippen MR) is 117 cm³/mol. The van der Waals surface area contributed by atoms with Gasteiger partial charge in [0.25, 0.3) is 8.32 Å². The number of aldehydes is 1. The number of rotatable bonds is 8. The van der Waals surface area contributed by atoms with E-state index in [-0.39, 0.29) is 0 Å². The Morgan fingerprint density at radius 2 is 1.46 bits per heavy atom. The van der Waals surface area contributed by atoms with Crippen molar-refractivity contribution in [2.45, 2.75) is 88.2 Å². The molecule has 0 radical (unpaired) electrons. The molecule has 0 saturated heterocycles. The fraction of sp³-hybridized carbons (Fsp3) is 0.682. The maximum absolute atomic E-state index is 11.9. The monoisotopic (exact) mass is 438 g/mol. The summed E-state index contributed by atoms with van der Waals surface area (Å²) in [6.07, 6.45) is 5.77. The zero-order valence-electron chi connectivity index (χ0n) is 17.2. The van der Waals surface area contributed by atoms with Crippen LogP contribution in [0.3, 0.4) is 0 Å². The molecule has 1 fully saturated rings. The fourth-order valence-electron chi connectivity index (χ4n) is 5.08. The second-order valence-corrected chi connectivity index (χ2v) is 15.5. The summed E-state index contributed by atoms with van der Waals surface area (Å²) in [4.78, 5) is 11.9. The second kappa shape index (κ2) is 8.60. The van der Waals surface area contributed by atoms with Crippen LogP contribution in [-0.2, 0) is 9.12 Å². The van der Waals surface area contributed by atoms with Gasteiger partial charge in [0.1, 0.15) is 16.4 Å². The molecule has 0 spiro atoms. The fourth-order valence-corrected chi connectivity index (χ4v) is 11.1. The Kier molecular flexibility index (Phi) is 7.17. The molecule has 1 aromatic carbocycles. The molecule has 2 rings (SSSR count). The van der Waals surface area contributed by atoms with E-state index in [1.54, 1.807) is 0 Å². The van der Waals surface area contributed by atoms with E-state index in [0.29, 0.717) is 22.5 Å². The Hall–Kier alpha value is -0.613. The third-order valence-electron chi connectivity index (χ3n) is 6.42. The minimum Gasteiger partial charge on any atom is -0.543 e. The number of hydrogen-bond donors (Lipinski definition) is 0. The molecule has 0 aliphatic heterocycles. The molecule has 1 aliphatic rings. The van der Waals surface area contributed by atoms with E-state index in [4.69, 9.17) is 4.43 Å². The number of halogens is 1. The molecule has 0 N–H and O–H groups in total. The molecule has 1 saturated carbocycles. The first-order valence-corrected chi connectivity index (χ1v) is 13.1. The molecule has 0 aromatic heterocycles. The Morgan fingerprint density at radius 3 is 1.85 bits per heavy atom. The van der Waals surface area contributed by atoms with Crippen LogP contribution in [0.4, 0.5) is 0 Å². The lowest BCUT2D eigenvalue weighted by Crippen LogP contribution is -2.50. The molecule has 4 heteroatoms. The van der Waals surface area contributed by atoms with Crippen molar-refractivity contribution < 1.29 is 9.22 Å². The van der Waals surface area contributed by atoms with Crippen LogP contribution in [0.15, 0.2) is 24.3 Å². The van der Waals surface area contributed by atoms with Crippen LogP contribution in [0.25, 0.3) is 0 Å². The van der Waals surface area contributed by atoms with Crippen LogP contribution >= 0.6 is 15.9 Å². The normalized spacial score (nSPS) is 18.5. The van der Waals surface area contributed by atoms with Gasteiger partial charge < -0.3 is 9.22 Å². The standard InChI is InChI=1S/C22H35BrO2Si/c1-16(2)26(17(3)4,18(5)6)25-21-13-11-20(12-14-21)22(23,15-24)19-9-7-8-10-19/h11-19H,7-10H2,1-6H3. The van der Waals surface area contributed by atoms with Crippen LogP contribution in [0.1, 0.15) is 72.8 Å². The summed E-state index contributed by atoms with van der Waals surface area (Å²) in [7, 11) is -1.95. The molecule has 0 heterocycles. The van der Waals surface area contributed by atoms with Crippen molar-refractivity contribution in [2.75, 3.05) is 0 Å². The van der Waals surface area contributed by atoms with Crippen molar-refractivity contribution in [3.63, 3.8) is 0 Å². The van der Waals surface area contributed by atoms with E-state index in [0.717, 1.165) is 30.4 Å².